The number of hydrogen-bond acceptors (Lipinski definition) is 3. The number of rotatable bonds is 8. The van der Waals surface area contributed by atoms with Crippen LogP contribution in [0, 0.1) is 0 Å². The van der Waals surface area contributed by atoms with Gasteiger partial charge in [-0.2, -0.15) is 0 Å². The Kier molecular flexibility index (Phi) is 7.95. The number of nitrogens with zero attached hydrogens (tertiary/aromatic N) is 1. The van der Waals surface area contributed by atoms with Crippen LogP contribution in [0.2, 0.25) is 0 Å². The van der Waals surface area contributed by atoms with Gasteiger partial charge in [-0.3, -0.25) is 14.4 Å². The molecule has 2 N–H and O–H groups in total. The van der Waals surface area contributed by atoms with Crippen LogP contribution in [0.4, 0.5) is 0 Å². The molecule has 0 spiro atoms. The summed E-state index contributed by atoms with van der Waals surface area (Å²) in [6, 6.07) is -0.915. The number of hydrogen-bond donors (Lipinski definition) is 2. The summed E-state index contributed by atoms with van der Waals surface area (Å²) in [5.74, 6) is -1.31. The van der Waals surface area contributed by atoms with Crippen molar-refractivity contribution in [3.63, 3.8) is 0 Å². The molecule has 132 valence electrons. The maximum atomic E-state index is 12.0. The van der Waals surface area contributed by atoms with Crippen molar-refractivity contribution in [2.24, 2.45) is 0 Å². The number of nitrogens with one attached hydrogen (secondary N) is 1. The molecule has 0 radical (unpaired) electrons. The highest BCUT2D eigenvalue weighted by Crippen LogP contribution is 2.19. The van der Waals surface area contributed by atoms with E-state index >= 15 is 0 Å². The first-order valence-electron chi connectivity index (χ1n) is 8.12. The fraction of sp³-hybridized carbons (Fsp3) is 0.500. The molecule has 0 saturated carbocycles. The SMILES string of the molecule is CC(NC(=O)C1=CCCC(/C=C\CCCC(=O)N(C)C)=C1)C(=O)O. The monoisotopic (exact) mass is 334 g/mol. The van der Waals surface area contributed by atoms with E-state index in [1.807, 2.05) is 18.2 Å². The first-order chi connectivity index (χ1) is 11.3. The average Bonchev–Trinajstić information content (AvgIpc) is 2.54. The molecule has 0 heterocycles. The Morgan fingerprint density at radius 2 is 2.08 bits per heavy atom. The Hall–Kier alpha value is -2.37. The normalized spacial score (nSPS) is 15.5. The highest BCUT2D eigenvalue weighted by Gasteiger charge is 2.17. The Morgan fingerprint density at radius 1 is 1.38 bits per heavy atom. The molecule has 1 aliphatic carbocycles. The molecule has 0 bridgehead atoms. The van der Waals surface area contributed by atoms with Crippen molar-refractivity contribution in [3.8, 4) is 0 Å². The first kappa shape index (κ1) is 19.7. The number of unbranched alkanes of at least 4 members (excludes halogenated alkanes) is 1. The van der Waals surface area contributed by atoms with Crippen LogP contribution in [0.1, 0.15) is 39.0 Å². The molecule has 6 heteroatoms. The van der Waals surface area contributed by atoms with Crippen LogP contribution in [-0.4, -0.2) is 47.9 Å². The first-order valence-corrected chi connectivity index (χ1v) is 8.12. The van der Waals surface area contributed by atoms with Crippen LogP contribution < -0.4 is 5.32 Å². The highest BCUT2D eigenvalue weighted by atomic mass is 16.4. The Morgan fingerprint density at radius 3 is 2.71 bits per heavy atom. The standard InChI is InChI=1S/C18H26N2O4/c1-13(18(23)24)19-17(22)15-10-7-9-14(12-15)8-5-4-6-11-16(21)20(2)3/h5,8,10,12-13H,4,6-7,9,11H2,1-3H3,(H,19,22)(H,23,24)/b8-5-. The average molecular weight is 334 g/mol. The topological polar surface area (TPSA) is 86.7 Å². The van der Waals surface area contributed by atoms with Gasteiger partial charge >= 0.3 is 5.97 Å². The Bertz CT molecular complexity index is 574. The fourth-order valence-corrected chi connectivity index (χ4v) is 2.19. The van der Waals surface area contributed by atoms with E-state index in [4.69, 9.17) is 5.11 Å². The molecule has 2 amide bonds. The number of carbonyl (C=O) groups is 3. The summed E-state index contributed by atoms with van der Waals surface area (Å²) in [4.78, 5) is 35.8. The summed E-state index contributed by atoms with van der Waals surface area (Å²) in [6.07, 6.45) is 11.3. The lowest BCUT2D eigenvalue weighted by molar-refractivity contribution is -0.140. The van der Waals surface area contributed by atoms with E-state index in [2.05, 4.69) is 5.32 Å². The molecule has 0 aromatic carbocycles. The van der Waals surface area contributed by atoms with Crippen LogP contribution in [0.3, 0.4) is 0 Å². The molecule has 1 unspecified atom stereocenters. The van der Waals surface area contributed by atoms with Crippen LogP contribution in [0.5, 0.6) is 0 Å². The van der Waals surface area contributed by atoms with Gasteiger partial charge in [-0.1, -0.05) is 18.2 Å². The van der Waals surface area contributed by atoms with Gasteiger partial charge in [0.1, 0.15) is 6.04 Å². The molecule has 1 atom stereocenters. The summed E-state index contributed by atoms with van der Waals surface area (Å²) in [6.45, 7) is 1.43. The third kappa shape index (κ3) is 6.81. The van der Waals surface area contributed by atoms with E-state index in [0.29, 0.717) is 12.0 Å². The van der Waals surface area contributed by atoms with Crippen molar-refractivity contribution >= 4 is 17.8 Å². The fourth-order valence-electron chi connectivity index (χ4n) is 2.19. The third-order valence-corrected chi connectivity index (χ3v) is 3.71. The van der Waals surface area contributed by atoms with Gasteiger partial charge in [-0.25, -0.2) is 0 Å². The zero-order valence-electron chi connectivity index (χ0n) is 14.5. The Balaban J connectivity index is 2.49. The van der Waals surface area contributed by atoms with E-state index in [0.717, 1.165) is 31.3 Å². The van der Waals surface area contributed by atoms with E-state index in [1.54, 1.807) is 25.1 Å². The maximum absolute atomic E-state index is 12.0. The molecular formula is C18H26N2O4. The molecule has 0 fully saturated rings. The summed E-state index contributed by atoms with van der Waals surface area (Å²) in [7, 11) is 3.49. The van der Waals surface area contributed by atoms with E-state index in [-0.39, 0.29) is 11.8 Å². The van der Waals surface area contributed by atoms with Crippen molar-refractivity contribution in [3.05, 3.63) is 35.5 Å². The number of amides is 2. The van der Waals surface area contributed by atoms with E-state index in [9.17, 15) is 14.4 Å². The highest BCUT2D eigenvalue weighted by molar-refractivity contribution is 5.98. The van der Waals surface area contributed by atoms with Gasteiger partial charge in [0, 0.05) is 26.1 Å². The third-order valence-electron chi connectivity index (χ3n) is 3.71. The van der Waals surface area contributed by atoms with Crippen LogP contribution in [0.25, 0.3) is 0 Å². The maximum Gasteiger partial charge on any atom is 0.325 e. The van der Waals surface area contributed by atoms with E-state index < -0.39 is 12.0 Å². The number of carboxylic acid groups (broad SMARTS) is 1. The van der Waals surface area contributed by atoms with Crippen molar-refractivity contribution < 1.29 is 19.5 Å². The molecule has 0 aromatic rings. The molecule has 0 aromatic heterocycles. The quantitative estimate of drug-likeness (QED) is 0.665. The molecular weight excluding hydrogens is 308 g/mol. The summed E-state index contributed by atoms with van der Waals surface area (Å²) in [5.41, 5.74) is 1.53. The predicted molar refractivity (Wildman–Crippen MR) is 92.3 cm³/mol. The predicted octanol–water partition coefficient (Wildman–Crippen LogP) is 2.04. The van der Waals surface area contributed by atoms with Crippen molar-refractivity contribution in [2.75, 3.05) is 14.1 Å². The number of allylic oxidation sites excluding steroid dienone is 4. The largest absolute Gasteiger partial charge is 0.480 e. The van der Waals surface area contributed by atoms with Crippen LogP contribution >= 0.6 is 0 Å². The molecule has 0 saturated heterocycles. The van der Waals surface area contributed by atoms with E-state index in [1.165, 1.54) is 6.92 Å². The smallest absolute Gasteiger partial charge is 0.325 e. The van der Waals surface area contributed by atoms with Crippen LogP contribution in [-0.2, 0) is 14.4 Å². The van der Waals surface area contributed by atoms with Crippen LogP contribution in [0.15, 0.2) is 35.5 Å². The number of carboxylic acids is 1. The summed E-state index contributed by atoms with van der Waals surface area (Å²) < 4.78 is 0. The number of aliphatic carboxylic acids is 1. The second kappa shape index (κ2) is 9.70. The zero-order valence-corrected chi connectivity index (χ0v) is 14.5. The van der Waals surface area contributed by atoms with Crippen molar-refractivity contribution in [1.29, 1.82) is 0 Å². The second-order valence-electron chi connectivity index (χ2n) is 6.03. The lowest BCUT2D eigenvalue weighted by atomic mass is 9.98. The van der Waals surface area contributed by atoms with Gasteiger partial charge in [0.25, 0.3) is 5.91 Å². The zero-order chi connectivity index (χ0) is 18.1. The minimum Gasteiger partial charge on any atom is -0.480 e. The molecule has 6 nitrogen and oxygen atoms in total. The molecule has 0 aliphatic heterocycles. The molecule has 24 heavy (non-hydrogen) atoms. The lowest BCUT2D eigenvalue weighted by Gasteiger charge is -2.13. The van der Waals surface area contributed by atoms with Crippen molar-refractivity contribution in [1.82, 2.24) is 10.2 Å². The number of carbonyl (C=O) groups excluding carboxylic acids is 2. The van der Waals surface area contributed by atoms with Gasteiger partial charge in [-0.15, -0.1) is 0 Å². The summed E-state index contributed by atoms with van der Waals surface area (Å²) >= 11 is 0. The molecule has 1 rings (SSSR count). The van der Waals surface area contributed by atoms with Gasteiger partial charge < -0.3 is 15.3 Å². The summed E-state index contributed by atoms with van der Waals surface area (Å²) in [5, 5.41) is 11.3. The lowest BCUT2D eigenvalue weighted by Crippen LogP contribution is -2.39. The Labute approximate surface area is 142 Å². The minimum absolute atomic E-state index is 0.120. The van der Waals surface area contributed by atoms with Gasteiger partial charge in [0.05, 0.1) is 0 Å². The van der Waals surface area contributed by atoms with Gasteiger partial charge in [0.15, 0.2) is 0 Å². The van der Waals surface area contributed by atoms with Gasteiger partial charge in [0.2, 0.25) is 5.91 Å². The molecule has 1 aliphatic rings. The van der Waals surface area contributed by atoms with Crippen molar-refractivity contribution in [2.45, 2.75) is 45.1 Å². The van der Waals surface area contributed by atoms with Gasteiger partial charge in [-0.05, 0) is 44.3 Å². The second-order valence-corrected chi connectivity index (χ2v) is 6.03. The minimum atomic E-state index is -1.06.